The van der Waals surface area contributed by atoms with Gasteiger partial charge in [-0.15, -0.1) is 5.10 Å². The first-order chi connectivity index (χ1) is 9.83. The molecule has 1 N–H and O–H groups in total. The van der Waals surface area contributed by atoms with Gasteiger partial charge in [-0.1, -0.05) is 30.3 Å². The number of rotatable bonds is 4. The maximum Gasteiger partial charge on any atom is 0.175 e. The van der Waals surface area contributed by atoms with Crippen molar-refractivity contribution in [3.05, 3.63) is 66.0 Å². The maximum absolute atomic E-state index is 4.07. The van der Waals surface area contributed by atoms with Gasteiger partial charge < -0.3 is 5.32 Å². The minimum atomic E-state index is 0.575. The third-order valence-electron chi connectivity index (χ3n) is 3.00. The zero-order chi connectivity index (χ0) is 13.8. The van der Waals surface area contributed by atoms with Crippen LogP contribution in [-0.4, -0.2) is 20.2 Å². The minimum Gasteiger partial charge on any atom is -0.378 e. The lowest BCUT2D eigenvalue weighted by Crippen LogP contribution is -2.08. The molecule has 2 aromatic carbocycles. The number of hydrogen-bond donors (Lipinski definition) is 1. The Hall–Kier alpha value is -2.69. The van der Waals surface area contributed by atoms with Crippen LogP contribution in [0.3, 0.4) is 0 Å². The van der Waals surface area contributed by atoms with Gasteiger partial charge in [0, 0.05) is 5.69 Å². The van der Waals surface area contributed by atoms with E-state index in [1.165, 1.54) is 5.56 Å². The highest BCUT2D eigenvalue weighted by atomic mass is 15.5. The summed E-state index contributed by atoms with van der Waals surface area (Å²) in [6.45, 7) is 2.64. The molecule has 0 spiro atoms. The molecule has 0 amide bonds. The molecule has 3 rings (SSSR count). The Bertz CT molecular complexity index is 690. The Morgan fingerprint density at radius 1 is 1.05 bits per heavy atom. The summed E-state index contributed by atoms with van der Waals surface area (Å²) in [5.41, 5.74) is 3.24. The number of nitrogens with zero attached hydrogens (tertiary/aromatic N) is 4. The van der Waals surface area contributed by atoms with E-state index in [9.17, 15) is 0 Å². The van der Waals surface area contributed by atoms with Crippen LogP contribution < -0.4 is 5.32 Å². The average molecular weight is 265 g/mol. The Balaban J connectivity index is 1.78. The highest BCUT2D eigenvalue weighted by molar-refractivity contribution is 5.45. The van der Waals surface area contributed by atoms with Crippen LogP contribution in [0.25, 0.3) is 5.69 Å². The lowest BCUT2D eigenvalue weighted by molar-refractivity contribution is 0.768. The Morgan fingerprint density at radius 2 is 1.90 bits per heavy atom. The first kappa shape index (κ1) is 12.3. The van der Waals surface area contributed by atoms with Gasteiger partial charge in [0.15, 0.2) is 5.82 Å². The van der Waals surface area contributed by atoms with Crippen LogP contribution in [0, 0.1) is 6.92 Å². The molecule has 1 aromatic heterocycles. The van der Waals surface area contributed by atoms with Gasteiger partial charge in [0.1, 0.15) is 0 Å². The molecule has 0 aliphatic rings. The van der Waals surface area contributed by atoms with E-state index in [-0.39, 0.29) is 0 Å². The van der Waals surface area contributed by atoms with Gasteiger partial charge in [0.25, 0.3) is 0 Å². The van der Waals surface area contributed by atoms with Gasteiger partial charge in [-0.25, -0.2) is 0 Å². The van der Waals surface area contributed by atoms with E-state index in [4.69, 9.17) is 0 Å². The number of nitrogens with one attached hydrogen (secondary N) is 1. The highest BCUT2D eigenvalue weighted by Gasteiger charge is 2.07. The molecule has 20 heavy (non-hydrogen) atoms. The van der Waals surface area contributed by atoms with Crippen LogP contribution in [0.1, 0.15) is 11.4 Å². The molecule has 0 radical (unpaired) electrons. The molecular weight excluding hydrogens is 250 g/mol. The van der Waals surface area contributed by atoms with E-state index in [1.54, 1.807) is 4.68 Å². The molecule has 5 nitrogen and oxygen atoms in total. The molecule has 1 heterocycles. The van der Waals surface area contributed by atoms with Crippen LogP contribution in [-0.2, 0) is 6.54 Å². The third kappa shape index (κ3) is 2.66. The molecule has 0 unspecified atom stereocenters. The zero-order valence-corrected chi connectivity index (χ0v) is 11.2. The molecule has 0 aliphatic heterocycles. The molecule has 0 atom stereocenters. The zero-order valence-electron chi connectivity index (χ0n) is 11.2. The molecule has 5 heteroatoms. The van der Waals surface area contributed by atoms with Crippen LogP contribution in [0.4, 0.5) is 5.69 Å². The molecule has 3 aromatic rings. The Kier molecular flexibility index (Phi) is 3.41. The van der Waals surface area contributed by atoms with E-state index in [1.807, 2.05) is 42.5 Å². The third-order valence-corrected chi connectivity index (χ3v) is 3.00. The molecule has 0 bridgehead atoms. The summed E-state index contributed by atoms with van der Waals surface area (Å²) in [6.07, 6.45) is 0. The van der Waals surface area contributed by atoms with Crippen molar-refractivity contribution in [2.45, 2.75) is 13.5 Å². The average Bonchev–Trinajstić information content (AvgIpc) is 2.95. The number of anilines is 1. The van der Waals surface area contributed by atoms with Crippen molar-refractivity contribution in [2.24, 2.45) is 0 Å². The summed E-state index contributed by atoms with van der Waals surface area (Å²) < 4.78 is 1.74. The van der Waals surface area contributed by atoms with Crippen molar-refractivity contribution in [1.29, 1.82) is 0 Å². The Labute approximate surface area is 117 Å². The van der Waals surface area contributed by atoms with Crippen molar-refractivity contribution >= 4 is 5.69 Å². The van der Waals surface area contributed by atoms with E-state index < -0.39 is 0 Å². The summed E-state index contributed by atoms with van der Waals surface area (Å²) >= 11 is 0. The smallest absolute Gasteiger partial charge is 0.175 e. The summed E-state index contributed by atoms with van der Waals surface area (Å²) in [7, 11) is 0. The van der Waals surface area contributed by atoms with Gasteiger partial charge >= 0.3 is 0 Å². The number of para-hydroxylation sites is 1. The SMILES string of the molecule is Cc1cccc(NCc2nnnn2-c2ccccc2)c1. The van der Waals surface area contributed by atoms with Crippen molar-refractivity contribution in [2.75, 3.05) is 5.32 Å². The van der Waals surface area contributed by atoms with Crippen LogP contribution >= 0.6 is 0 Å². The van der Waals surface area contributed by atoms with Crippen LogP contribution in [0.5, 0.6) is 0 Å². The lowest BCUT2D eigenvalue weighted by Gasteiger charge is -2.07. The van der Waals surface area contributed by atoms with Gasteiger partial charge in [-0.2, -0.15) is 4.68 Å². The largest absolute Gasteiger partial charge is 0.378 e. The van der Waals surface area contributed by atoms with Crippen molar-refractivity contribution in [1.82, 2.24) is 20.2 Å². The molecule has 100 valence electrons. The van der Waals surface area contributed by atoms with Gasteiger partial charge in [-0.05, 0) is 47.2 Å². The summed E-state index contributed by atoms with van der Waals surface area (Å²) in [5, 5.41) is 15.2. The van der Waals surface area contributed by atoms with Crippen molar-refractivity contribution < 1.29 is 0 Å². The van der Waals surface area contributed by atoms with Crippen molar-refractivity contribution in [3.8, 4) is 5.69 Å². The topological polar surface area (TPSA) is 55.6 Å². The maximum atomic E-state index is 4.07. The number of hydrogen-bond acceptors (Lipinski definition) is 4. The van der Waals surface area contributed by atoms with Gasteiger partial charge in [0.2, 0.25) is 0 Å². The quantitative estimate of drug-likeness (QED) is 0.787. The van der Waals surface area contributed by atoms with E-state index in [2.05, 4.69) is 39.9 Å². The van der Waals surface area contributed by atoms with Crippen LogP contribution in [0.2, 0.25) is 0 Å². The highest BCUT2D eigenvalue weighted by Crippen LogP contribution is 2.12. The Morgan fingerprint density at radius 3 is 2.70 bits per heavy atom. The first-order valence-electron chi connectivity index (χ1n) is 6.46. The summed E-state index contributed by atoms with van der Waals surface area (Å²) in [4.78, 5) is 0. The molecule has 0 saturated heterocycles. The fourth-order valence-corrected chi connectivity index (χ4v) is 2.02. The summed E-state index contributed by atoms with van der Waals surface area (Å²) in [5.74, 6) is 0.776. The number of aromatic nitrogens is 4. The second-order valence-electron chi connectivity index (χ2n) is 4.57. The van der Waals surface area contributed by atoms with E-state index >= 15 is 0 Å². The predicted molar refractivity (Wildman–Crippen MR) is 77.7 cm³/mol. The monoisotopic (exact) mass is 265 g/mol. The van der Waals surface area contributed by atoms with E-state index in [0.29, 0.717) is 6.54 Å². The normalized spacial score (nSPS) is 10.4. The number of tetrazole rings is 1. The number of aryl methyl sites for hydroxylation is 1. The minimum absolute atomic E-state index is 0.575. The molecular formula is C15H15N5. The molecule has 0 fully saturated rings. The fourth-order valence-electron chi connectivity index (χ4n) is 2.02. The van der Waals surface area contributed by atoms with Gasteiger partial charge in [0.05, 0.1) is 12.2 Å². The standard InChI is InChI=1S/C15H15N5/c1-12-6-5-7-13(10-12)16-11-15-17-18-19-20(15)14-8-3-2-4-9-14/h2-10,16H,11H2,1H3. The molecule has 0 saturated carbocycles. The summed E-state index contributed by atoms with van der Waals surface area (Å²) in [6, 6.07) is 18.1. The van der Waals surface area contributed by atoms with Gasteiger partial charge in [-0.3, -0.25) is 0 Å². The molecule has 0 aliphatic carbocycles. The second kappa shape index (κ2) is 5.52. The fraction of sp³-hybridized carbons (Fsp3) is 0.133. The van der Waals surface area contributed by atoms with Crippen LogP contribution in [0.15, 0.2) is 54.6 Å². The van der Waals surface area contributed by atoms with Crippen molar-refractivity contribution in [3.63, 3.8) is 0 Å². The first-order valence-corrected chi connectivity index (χ1v) is 6.46. The van der Waals surface area contributed by atoms with E-state index in [0.717, 1.165) is 17.2 Å². The lowest BCUT2D eigenvalue weighted by atomic mass is 10.2. The second-order valence-corrected chi connectivity index (χ2v) is 4.57. The predicted octanol–water partition coefficient (Wildman–Crippen LogP) is 2.58. The number of benzene rings is 2.